The molecule has 6 heteroatoms. The SMILES string of the molecule is CCCNc1nnc(CN(C)CCN2CCCC2)s1. The molecule has 0 aromatic carbocycles. The number of anilines is 1. The Morgan fingerprint density at radius 3 is 2.84 bits per heavy atom. The van der Waals surface area contributed by atoms with E-state index in [9.17, 15) is 0 Å². The standard InChI is InChI=1S/C13H25N5S/c1-3-6-14-13-16-15-12(19-13)11-17(2)9-10-18-7-4-5-8-18/h3-11H2,1-2H3,(H,14,16). The Morgan fingerprint density at radius 1 is 1.32 bits per heavy atom. The van der Waals surface area contributed by atoms with Crippen LogP contribution in [-0.4, -0.2) is 59.8 Å². The minimum Gasteiger partial charge on any atom is -0.360 e. The third kappa shape index (κ3) is 5.04. The maximum Gasteiger partial charge on any atom is 0.205 e. The van der Waals surface area contributed by atoms with Crippen LogP contribution in [0.25, 0.3) is 0 Å². The van der Waals surface area contributed by atoms with Gasteiger partial charge in [0.1, 0.15) is 5.01 Å². The first kappa shape index (κ1) is 14.7. The molecular weight excluding hydrogens is 258 g/mol. The molecule has 2 heterocycles. The van der Waals surface area contributed by atoms with E-state index in [1.54, 1.807) is 11.3 Å². The Bertz CT molecular complexity index is 362. The first-order chi connectivity index (χ1) is 9.28. The summed E-state index contributed by atoms with van der Waals surface area (Å²) >= 11 is 1.67. The lowest BCUT2D eigenvalue weighted by molar-refractivity contribution is 0.252. The van der Waals surface area contributed by atoms with Crippen LogP contribution in [0.4, 0.5) is 5.13 Å². The molecule has 1 aliphatic heterocycles. The highest BCUT2D eigenvalue weighted by atomic mass is 32.1. The predicted molar refractivity (Wildman–Crippen MR) is 80.7 cm³/mol. The Balaban J connectivity index is 1.68. The van der Waals surface area contributed by atoms with Gasteiger partial charge in [0, 0.05) is 19.6 Å². The smallest absolute Gasteiger partial charge is 0.205 e. The van der Waals surface area contributed by atoms with Crippen molar-refractivity contribution < 1.29 is 0 Å². The second-order valence-corrected chi connectivity index (χ2v) is 6.28. The second kappa shape index (κ2) is 7.77. The molecule has 2 rings (SSSR count). The first-order valence-corrected chi connectivity index (χ1v) is 8.06. The van der Waals surface area contributed by atoms with Crippen molar-refractivity contribution in [3.63, 3.8) is 0 Å². The lowest BCUT2D eigenvalue weighted by Crippen LogP contribution is -2.31. The van der Waals surface area contributed by atoms with Gasteiger partial charge in [0.15, 0.2) is 0 Å². The van der Waals surface area contributed by atoms with Gasteiger partial charge >= 0.3 is 0 Å². The zero-order valence-corrected chi connectivity index (χ0v) is 12.9. The van der Waals surface area contributed by atoms with E-state index in [1.165, 1.54) is 32.5 Å². The molecule has 0 unspecified atom stereocenters. The fourth-order valence-corrected chi connectivity index (χ4v) is 3.09. The summed E-state index contributed by atoms with van der Waals surface area (Å²) in [4.78, 5) is 4.88. The van der Waals surface area contributed by atoms with E-state index in [-0.39, 0.29) is 0 Å². The maximum absolute atomic E-state index is 4.24. The fraction of sp³-hybridized carbons (Fsp3) is 0.846. The third-order valence-corrected chi connectivity index (χ3v) is 4.26. The number of hydrogen-bond acceptors (Lipinski definition) is 6. The van der Waals surface area contributed by atoms with E-state index < -0.39 is 0 Å². The normalized spacial score (nSPS) is 16.4. The van der Waals surface area contributed by atoms with Crippen molar-refractivity contribution in [2.24, 2.45) is 0 Å². The van der Waals surface area contributed by atoms with Gasteiger partial charge < -0.3 is 10.2 Å². The maximum atomic E-state index is 4.24. The molecule has 0 amide bonds. The molecule has 19 heavy (non-hydrogen) atoms. The van der Waals surface area contributed by atoms with Crippen LogP contribution in [0.2, 0.25) is 0 Å². The van der Waals surface area contributed by atoms with E-state index in [2.05, 4.69) is 39.3 Å². The Hall–Kier alpha value is -0.720. The van der Waals surface area contributed by atoms with Crippen LogP contribution in [0.1, 0.15) is 31.2 Å². The molecule has 1 saturated heterocycles. The van der Waals surface area contributed by atoms with E-state index in [0.29, 0.717) is 0 Å². The number of aromatic nitrogens is 2. The fourth-order valence-electron chi connectivity index (χ4n) is 2.25. The molecule has 0 aliphatic carbocycles. The van der Waals surface area contributed by atoms with Crippen LogP contribution in [-0.2, 0) is 6.54 Å². The van der Waals surface area contributed by atoms with Crippen LogP contribution in [0, 0.1) is 0 Å². The third-order valence-electron chi connectivity index (χ3n) is 3.39. The summed E-state index contributed by atoms with van der Waals surface area (Å²) in [5.41, 5.74) is 0. The van der Waals surface area contributed by atoms with Crippen LogP contribution in [0.5, 0.6) is 0 Å². The Labute approximate surface area is 120 Å². The van der Waals surface area contributed by atoms with Crippen molar-refractivity contribution in [3.8, 4) is 0 Å². The summed E-state index contributed by atoms with van der Waals surface area (Å²) in [5, 5.41) is 13.7. The Morgan fingerprint density at radius 2 is 2.11 bits per heavy atom. The highest BCUT2D eigenvalue weighted by Gasteiger charge is 2.12. The van der Waals surface area contributed by atoms with Gasteiger partial charge in [0.2, 0.25) is 5.13 Å². The van der Waals surface area contributed by atoms with Crippen molar-refractivity contribution in [3.05, 3.63) is 5.01 Å². The van der Waals surface area contributed by atoms with Gasteiger partial charge in [-0.05, 0) is 39.4 Å². The molecule has 0 bridgehead atoms. The topological polar surface area (TPSA) is 44.3 Å². The van der Waals surface area contributed by atoms with Gasteiger partial charge in [-0.1, -0.05) is 18.3 Å². The molecule has 0 saturated carbocycles. The summed E-state index contributed by atoms with van der Waals surface area (Å²) < 4.78 is 0. The Kier molecular flexibility index (Phi) is 6.00. The zero-order valence-electron chi connectivity index (χ0n) is 12.1. The quantitative estimate of drug-likeness (QED) is 0.789. The molecular formula is C13H25N5S. The number of rotatable bonds is 8. The first-order valence-electron chi connectivity index (χ1n) is 7.25. The number of hydrogen-bond donors (Lipinski definition) is 1. The van der Waals surface area contributed by atoms with Gasteiger partial charge in [-0.3, -0.25) is 4.90 Å². The molecule has 1 aliphatic rings. The highest BCUT2D eigenvalue weighted by Crippen LogP contribution is 2.16. The minimum atomic E-state index is 0.902. The van der Waals surface area contributed by atoms with E-state index in [1.807, 2.05) is 0 Å². The van der Waals surface area contributed by atoms with Crippen molar-refractivity contribution >= 4 is 16.5 Å². The second-order valence-electron chi connectivity index (χ2n) is 5.21. The summed E-state index contributed by atoms with van der Waals surface area (Å²) in [7, 11) is 2.16. The molecule has 0 spiro atoms. The number of likely N-dealkylation sites (N-methyl/N-ethyl adjacent to an activating group) is 1. The van der Waals surface area contributed by atoms with Crippen LogP contribution >= 0.6 is 11.3 Å². The van der Waals surface area contributed by atoms with Gasteiger partial charge in [0.05, 0.1) is 6.54 Å². The molecule has 1 aromatic heterocycles. The average Bonchev–Trinajstić information content (AvgIpc) is 3.05. The van der Waals surface area contributed by atoms with Gasteiger partial charge in [0.25, 0.3) is 0 Å². The highest BCUT2D eigenvalue weighted by molar-refractivity contribution is 7.15. The van der Waals surface area contributed by atoms with Crippen LogP contribution in [0.3, 0.4) is 0 Å². The monoisotopic (exact) mass is 283 g/mol. The molecule has 0 radical (unpaired) electrons. The van der Waals surface area contributed by atoms with Crippen molar-refractivity contribution in [1.29, 1.82) is 0 Å². The lowest BCUT2D eigenvalue weighted by Gasteiger charge is -2.20. The predicted octanol–water partition coefficient (Wildman–Crippen LogP) is 1.89. The molecule has 108 valence electrons. The lowest BCUT2D eigenvalue weighted by atomic mass is 10.4. The summed E-state index contributed by atoms with van der Waals surface area (Å²) in [6.45, 7) is 8.86. The molecule has 0 atom stereocenters. The van der Waals surface area contributed by atoms with Crippen molar-refractivity contribution in [1.82, 2.24) is 20.0 Å². The van der Waals surface area contributed by atoms with Gasteiger partial charge in [-0.25, -0.2) is 0 Å². The van der Waals surface area contributed by atoms with Gasteiger partial charge in [-0.15, -0.1) is 10.2 Å². The number of nitrogens with zero attached hydrogens (tertiary/aromatic N) is 4. The summed E-state index contributed by atoms with van der Waals surface area (Å²) in [6, 6.07) is 0. The van der Waals surface area contributed by atoms with E-state index in [4.69, 9.17) is 0 Å². The summed E-state index contributed by atoms with van der Waals surface area (Å²) in [5.74, 6) is 0. The van der Waals surface area contributed by atoms with Crippen molar-refractivity contribution in [2.75, 3.05) is 45.1 Å². The molecule has 1 aromatic rings. The zero-order chi connectivity index (χ0) is 13.5. The van der Waals surface area contributed by atoms with Crippen molar-refractivity contribution in [2.45, 2.75) is 32.7 Å². The number of nitrogens with one attached hydrogen (secondary N) is 1. The minimum absolute atomic E-state index is 0.902. The van der Waals surface area contributed by atoms with E-state index in [0.717, 1.165) is 36.2 Å². The molecule has 1 N–H and O–H groups in total. The van der Waals surface area contributed by atoms with E-state index >= 15 is 0 Å². The molecule has 1 fully saturated rings. The van der Waals surface area contributed by atoms with Gasteiger partial charge in [-0.2, -0.15) is 0 Å². The van der Waals surface area contributed by atoms with Crippen LogP contribution < -0.4 is 5.32 Å². The summed E-state index contributed by atoms with van der Waals surface area (Å²) in [6.07, 6.45) is 3.85. The van der Waals surface area contributed by atoms with Crippen LogP contribution in [0.15, 0.2) is 0 Å². The average molecular weight is 283 g/mol. The molecule has 5 nitrogen and oxygen atoms in total. The number of likely N-dealkylation sites (tertiary alicyclic amines) is 1. The largest absolute Gasteiger partial charge is 0.360 e.